The van der Waals surface area contributed by atoms with Crippen molar-refractivity contribution >= 4 is 23.3 Å². The van der Waals surface area contributed by atoms with E-state index >= 15 is 0 Å². The summed E-state index contributed by atoms with van der Waals surface area (Å²) in [6, 6.07) is 7.56. The number of amides is 1. The second-order valence-electron chi connectivity index (χ2n) is 8.34. The van der Waals surface area contributed by atoms with Gasteiger partial charge >= 0.3 is 6.18 Å². The number of halogens is 3. The summed E-state index contributed by atoms with van der Waals surface area (Å²) in [4.78, 5) is 17.0. The van der Waals surface area contributed by atoms with Gasteiger partial charge in [0.05, 0.1) is 24.0 Å². The van der Waals surface area contributed by atoms with Crippen molar-refractivity contribution < 1.29 is 18.0 Å². The molecule has 0 spiro atoms. The van der Waals surface area contributed by atoms with E-state index in [1.54, 1.807) is 24.4 Å². The summed E-state index contributed by atoms with van der Waals surface area (Å²) < 4.78 is 39.5. The van der Waals surface area contributed by atoms with E-state index in [1.807, 2.05) is 29.7 Å². The molecule has 2 aromatic heterocycles. The Morgan fingerprint density at radius 1 is 1.34 bits per heavy atom. The minimum atomic E-state index is -4.23. The van der Waals surface area contributed by atoms with E-state index in [0.29, 0.717) is 22.8 Å². The number of hydrogen-bond acceptors (Lipinski definition) is 3. The van der Waals surface area contributed by atoms with Crippen molar-refractivity contribution in [1.82, 2.24) is 14.7 Å². The van der Waals surface area contributed by atoms with Gasteiger partial charge in [-0.05, 0) is 48.6 Å². The maximum Gasteiger partial charge on any atom is 0.390 e. The lowest BCUT2D eigenvalue weighted by atomic mass is 10.0. The van der Waals surface area contributed by atoms with Gasteiger partial charge in [0.25, 0.3) is 5.91 Å². The van der Waals surface area contributed by atoms with Crippen molar-refractivity contribution in [2.75, 3.05) is 11.9 Å². The summed E-state index contributed by atoms with van der Waals surface area (Å²) in [5.41, 5.74) is 4.87. The Kier molecular flexibility index (Phi) is 5.71. The molecule has 0 saturated heterocycles. The molecule has 4 rings (SSSR count). The minimum absolute atomic E-state index is 0.0772. The molecule has 8 heteroatoms. The highest BCUT2D eigenvalue weighted by atomic mass is 19.4. The number of hydrogen-bond donors (Lipinski definition) is 2. The molecule has 1 aliphatic carbocycles. The molecule has 2 N–H and O–H groups in total. The molecule has 0 radical (unpaired) electrons. The maximum absolute atomic E-state index is 12.6. The maximum atomic E-state index is 12.6. The van der Waals surface area contributed by atoms with Gasteiger partial charge in [-0.2, -0.15) is 13.2 Å². The predicted octanol–water partition coefficient (Wildman–Crippen LogP) is 5.46. The van der Waals surface area contributed by atoms with Crippen LogP contribution in [0.15, 0.2) is 43.2 Å². The lowest BCUT2D eigenvalue weighted by molar-refractivity contribution is -0.131. The normalized spacial score (nSPS) is 17.9. The number of nitrogens with one attached hydrogen (secondary N) is 2. The zero-order chi connectivity index (χ0) is 23.0. The van der Waals surface area contributed by atoms with Gasteiger partial charge in [-0.15, -0.1) is 0 Å². The van der Waals surface area contributed by atoms with Crippen molar-refractivity contribution in [3.63, 3.8) is 0 Å². The number of aromatic nitrogens is 2. The number of aryl methyl sites for hydroxylation is 1. The molecule has 3 aromatic rings. The predicted molar refractivity (Wildman–Crippen MR) is 120 cm³/mol. The smallest absolute Gasteiger partial charge is 0.382 e. The first kappa shape index (κ1) is 21.9. The van der Waals surface area contributed by atoms with E-state index in [1.165, 1.54) is 0 Å². The Labute approximate surface area is 184 Å². The number of rotatable bonds is 7. The molecule has 32 heavy (non-hydrogen) atoms. The van der Waals surface area contributed by atoms with Crippen molar-refractivity contribution in [2.45, 2.75) is 38.9 Å². The molecule has 2 atom stereocenters. The lowest BCUT2D eigenvalue weighted by Gasteiger charge is -2.12. The standard InChI is InChI=1S/C24H25F3N4O/c1-4-16-11-20(28-8-7-24(25,26)27)22-29-12-21(31(22)13-16)17-5-6-18(14(2)9-17)23(32)30-19-10-15(19)3/h4-6,9,11-13,15,19,28H,1,7-8,10H2,2-3H3,(H,30,32). The largest absolute Gasteiger partial charge is 0.390 e. The van der Waals surface area contributed by atoms with Crippen LogP contribution in [0.1, 0.15) is 41.3 Å². The number of fused-ring (bicyclic) bond motifs is 1. The Bertz CT molecular complexity index is 1180. The van der Waals surface area contributed by atoms with Gasteiger partial charge in [0.2, 0.25) is 0 Å². The van der Waals surface area contributed by atoms with E-state index in [4.69, 9.17) is 0 Å². The summed E-state index contributed by atoms with van der Waals surface area (Å²) >= 11 is 0. The first-order valence-corrected chi connectivity index (χ1v) is 10.5. The van der Waals surface area contributed by atoms with E-state index < -0.39 is 12.6 Å². The third kappa shape index (κ3) is 4.64. The van der Waals surface area contributed by atoms with E-state index in [0.717, 1.165) is 28.8 Å². The second kappa shape index (κ2) is 8.33. The molecule has 1 aromatic carbocycles. The third-order valence-corrected chi connectivity index (χ3v) is 5.78. The molecule has 1 saturated carbocycles. The Morgan fingerprint density at radius 3 is 2.72 bits per heavy atom. The topological polar surface area (TPSA) is 58.4 Å². The quantitative estimate of drug-likeness (QED) is 0.511. The van der Waals surface area contributed by atoms with Crippen LogP contribution in [0.5, 0.6) is 0 Å². The second-order valence-corrected chi connectivity index (χ2v) is 8.34. The number of anilines is 1. The Morgan fingerprint density at radius 2 is 2.09 bits per heavy atom. The van der Waals surface area contributed by atoms with Crippen LogP contribution in [0.25, 0.3) is 23.0 Å². The molecule has 1 fully saturated rings. The summed E-state index contributed by atoms with van der Waals surface area (Å²) in [7, 11) is 0. The number of imidazole rings is 1. The number of nitrogens with zero attached hydrogens (tertiary/aromatic N) is 2. The van der Waals surface area contributed by atoms with Crippen LogP contribution in [0.3, 0.4) is 0 Å². The number of alkyl halides is 3. The van der Waals surface area contributed by atoms with Crippen molar-refractivity contribution in [3.05, 3.63) is 59.9 Å². The van der Waals surface area contributed by atoms with Gasteiger partial charge in [0.15, 0.2) is 5.65 Å². The van der Waals surface area contributed by atoms with Gasteiger partial charge in [-0.25, -0.2) is 4.98 Å². The Balaban J connectivity index is 1.64. The fraction of sp³-hybridized carbons (Fsp3) is 0.333. The summed E-state index contributed by atoms with van der Waals surface area (Å²) in [6.07, 6.45) is 0.989. The summed E-state index contributed by atoms with van der Waals surface area (Å²) in [6.45, 7) is 7.53. The van der Waals surface area contributed by atoms with Gasteiger partial charge in [-0.3, -0.25) is 9.20 Å². The van der Waals surface area contributed by atoms with Gasteiger partial charge in [-0.1, -0.05) is 25.6 Å². The van der Waals surface area contributed by atoms with Crippen LogP contribution in [0, 0.1) is 12.8 Å². The molecule has 0 bridgehead atoms. The zero-order valence-corrected chi connectivity index (χ0v) is 18.0. The highest BCUT2D eigenvalue weighted by Gasteiger charge is 2.34. The number of carbonyl (C=O) groups is 1. The summed E-state index contributed by atoms with van der Waals surface area (Å²) in [5.74, 6) is 0.446. The summed E-state index contributed by atoms with van der Waals surface area (Å²) in [5, 5.41) is 5.88. The third-order valence-electron chi connectivity index (χ3n) is 5.78. The van der Waals surface area contributed by atoms with Crippen LogP contribution < -0.4 is 10.6 Å². The van der Waals surface area contributed by atoms with Crippen LogP contribution in [-0.2, 0) is 0 Å². The number of carbonyl (C=O) groups excluding carboxylic acids is 1. The highest BCUT2D eigenvalue weighted by molar-refractivity contribution is 5.96. The average Bonchev–Trinajstić information content (AvgIpc) is 3.24. The first-order valence-electron chi connectivity index (χ1n) is 10.5. The van der Waals surface area contributed by atoms with Crippen LogP contribution in [0.4, 0.5) is 18.9 Å². The van der Waals surface area contributed by atoms with Gasteiger partial charge in [0.1, 0.15) is 0 Å². The number of pyridine rings is 1. The van der Waals surface area contributed by atoms with Crippen LogP contribution in [-0.4, -0.2) is 34.1 Å². The van der Waals surface area contributed by atoms with Gasteiger partial charge in [0, 0.05) is 29.9 Å². The fourth-order valence-corrected chi connectivity index (χ4v) is 3.75. The van der Waals surface area contributed by atoms with Gasteiger partial charge < -0.3 is 10.6 Å². The number of benzene rings is 1. The average molecular weight is 442 g/mol. The highest BCUT2D eigenvalue weighted by Crippen LogP contribution is 2.31. The van der Waals surface area contributed by atoms with Crippen molar-refractivity contribution in [1.29, 1.82) is 0 Å². The fourth-order valence-electron chi connectivity index (χ4n) is 3.75. The molecule has 2 unspecified atom stereocenters. The van der Waals surface area contributed by atoms with E-state index in [-0.39, 0.29) is 18.5 Å². The molecule has 1 aliphatic rings. The monoisotopic (exact) mass is 442 g/mol. The molecule has 1 amide bonds. The molecule has 168 valence electrons. The van der Waals surface area contributed by atoms with E-state index in [2.05, 4.69) is 29.1 Å². The molecule has 0 aliphatic heterocycles. The Hall–Kier alpha value is -3.29. The molecule has 5 nitrogen and oxygen atoms in total. The SMILES string of the molecule is C=Cc1cc(NCCC(F)(F)F)c2ncc(-c3ccc(C(=O)NC4CC4C)c(C)c3)n2c1. The molecular formula is C24H25F3N4O. The molecular weight excluding hydrogens is 417 g/mol. The lowest BCUT2D eigenvalue weighted by Crippen LogP contribution is -2.27. The minimum Gasteiger partial charge on any atom is -0.382 e. The molecule has 2 heterocycles. The van der Waals surface area contributed by atoms with Crippen molar-refractivity contribution in [2.24, 2.45) is 5.92 Å². The van der Waals surface area contributed by atoms with E-state index in [9.17, 15) is 18.0 Å². The van der Waals surface area contributed by atoms with Crippen molar-refractivity contribution in [3.8, 4) is 11.3 Å². The first-order chi connectivity index (χ1) is 15.2. The van der Waals surface area contributed by atoms with Crippen LogP contribution >= 0.6 is 0 Å². The van der Waals surface area contributed by atoms with Crippen LogP contribution in [0.2, 0.25) is 0 Å². The zero-order valence-electron chi connectivity index (χ0n) is 18.0.